The van der Waals surface area contributed by atoms with Crippen LogP contribution in [0.1, 0.15) is 25.3 Å². The Morgan fingerprint density at radius 1 is 1.14 bits per heavy atom. The smallest absolute Gasteiger partial charge is 0.387 e. The maximum Gasteiger partial charge on any atom is 0.387 e. The minimum Gasteiger partial charge on any atom is -0.435 e. The van der Waals surface area contributed by atoms with Gasteiger partial charge in [-0.1, -0.05) is 37.3 Å². The zero-order valence-electron chi connectivity index (χ0n) is 20.3. The quantitative estimate of drug-likeness (QED) is 0.288. The van der Waals surface area contributed by atoms with Crippen LogP contribution in [0.5, 0.6) is 5.75 Å². The van der Waals surface area contributed by atoms with Crippen molar-refractivity contribution in [3.8, 4) is 5.75 Å². The topological polar surface area (TPSA) is 123 Å². The second-order valence-corrected chi connectivity index (χ2v) is 7.68. The molecule has 0 aliphatic carbocycles. The number of carbonyl (C=O) groups is 3. The summed E-state index contributed by atoms with van der Waals surface area (Å²) in [6, 6.07) is 14.6. The Morgan fingerprint density at radius 3 is 2.22 bits per heavy atom. The van der Waals surface area contributed by atoms with Crippen LogP contribution in [0.4, 0.5) is 14.5 Å². The number of benzene rings is 2. The van der Waals surface area contributed by atoms with Gasteiger partial charge in [0, 0.05) is 31.5 Å². The van der Waals surface area contributed by atoms with Crippen LogP contribution in [0, 0.1) is 11.3 Å². The molecule has 0 aromatic heterocycles. The molecule has 2 aromatic carbocycles. The molecule has 0 saturated carbocycles. The van der Waals surface area contributed by atoms with E-state index in [9.17, 15) is 23.2 Å². The molecule has 0 unspecified atom stereocenters. The third-order valence-corrected chi connectivity index (χ3v) is 5.21. The van der Waals surface area contributed by atoms with Crippen molar-refractivity contribution in [2.75, 3.05) is 32.1 Å². The first kappa shape index (κ1) is 30.2. The van der Waals surface area contributed by atoms with Crippen molar-refractivity contribution in [2.45, 2.75) is 26.4 Å². The van der Waals surface area contributed by atoms with Gasteiger partial charge in [-0.2, -0.15) is 8.78 Å². The summed E-state index contributed by atoms with van der Waals surface area (Å²) in [7, 11) is 1.00. The molecular formula is C25H32F2N4O5. The van der Waals surface area contributed by atoms with Crippen molar-refractivity contribution < 1.29 is 33.0 Å². The molecule has 0 radical (unpaired) electrons. The lowest BCUT2D eigenvalue weighted by molar-refractivity contribution is -0.135. The number of nitrogens with zero attached hydrogens (tertiary/aromatic N) is 2. The normalized spacial score (nSPS) is 12.8. The molecule has 1 heterocycles. The number of anilines is 1. The van der Waals surface area contributed by atoms with Crippen LogP contribution in [0.3, 0.4) is 0 Å². The van der Waals surface area contributed by atoms with E-state index in [2.05, 4.69) is 17.0 Å². The van der Waals surface area contributed by atoms with Gasteiger partial charge >= 0.3 is 6.61 Å². The number of piperidine rings is 1. The molecule has 0 bridgehead atoms. The Morgan fingerprint density at radius 2 is 1.72 bits per heavy atom. The third-order valence-electron chi connectivity index (χ3n) is 5.21. The zero-order chi connectivity index (χ0) is 26.9. The number of alkyl halides is 2. The number of hydrogen-bond donors (Lipinski definition) is 3. The molecule has 2 aromatic rings. The van der Waals surface area contributed by atoms with E-state index in [1.807, 2.05) is 6.07 Å². The first-order valence-electron chi connectivity index (χ1n) is 11.2. The number of ether oxygens (including phenoxy) is 1. The molecule has 1 saturated heterocycles. The minimum absolute atomic E-state index is 0.0596. The van der Waals surface area contributed by atoms with Crippen LogP contribution in [0.15, 0.2) is 54.6 Å². The average molecular weight is 507 g/mol. The highest BCUT2D eigenvalue weighted by atomic mass is 19.3. The van der Waals surface area contributed by atoms with Crippen LogP contribution >= 0.6 is 0 Å². The summed E-state index contributed by atoms with van der Waals surface area (Å²) in [6.45, 7) is 0.775. The van der Waals surface area contributed by atoms with Crippen molar-refractivity contribution in [1.29, 1.82) is 5.41 Å². The summed E-state index contributed by atoms with van der Waals surface area (Å²) in [5.41, 5.74) is 1.15. The van der Waals surface area contributed by atoms with Gasteiger partial charge in [0.05, 0.1) is 0 Å². The summed E-state index contributed by atoms with van der Waals surface area (Å²) in [5.74, 6) is 0.685. The number of nitrogens with one attached hydrogen (secondary N) is 2. The predicted molar refractivity (Wildman–Crippen MR) is 132 cm³/mol. The molecule has 11 heteroatoms. The molecule has 1 aliphatic rings. The van der Waals surface area contributed by atoms with Gasteiger partial charge in [-0.25, -0.2) is 0 Å². The van der Waals surface area contributed by atoms with Gasteiger partial charge in [0.15, 0.2) is 0 Å². The lowest BCUT2D eigenvalue weighted by atomic mass is 9.99. The molecule has 3 amide bonds. The number of rotatable bonds is 8. The molecule has 1 fully saturated rings. The largest absolute Gasteiger partial charge is 0.435 e. The van der Waals surface area contributed by atoms with Crippen molar-refractivity contribution in [2.24, 2.45) is 5.92 Å². The second kappa shape index (κ2) is 16.7. The molecule has 9 nitrogen and oxygen atoms in total. The van der Waals surface area contributed by atoms with E-state index in [-0.39, 0.29) is 24.0 Å². The maximum absolute atomic E-state index is 12.2. The molecule has 1 aliphatic heterocycles. The number of carbonyl (C=O) groups excluding carboxylic acids is 3. The van der Waals surface area contributed by atoms with Crippen LogP contribution in [0.25, 0.3) is 0 Å². The molecule has 3 rings (SSSR count). The van der Waals surface area contributed by atoms with Gasteiger partial charge in [0.2, 0.25) is 18.7 Å². The van der Waals surface area contributed by atoms with Crippen LogP contribution in [-0.4, -0.2) is 72.8 Å². The third kappa shape index (κ3) is 10.6. The van der Waals surface area contributed by atoms with Gasteiger partial charge in [-0.15, -0.1) is 0 Å². The Bertz CT molecular complexity index is 937. The number of aliphatic hydroxyl groups is 1. The summed E-state index contributed by atoms with van der Waals surface area (Å²) >= 11 is 0. The van der Waals surface area contributed by atoms with E-state index in [0.717, 1.165) is 37.9 Å². The van der Waals surface area contributed by atoms with E-state index in [1.165, 1.54) is 24.3 Å². The van der Waals surface area contributed by atoms with Gasteiger partial charge in [0.1, 0.15) is 18.1 Å². The summed E-state index contributed by atoms with van der Waals surface area (Å²) in [5, 5.41) is 17.4. The fourth-order valence-electron chi connectivity index (χ4n) is 3.24. The Hall–Kier alpha value is -3.86. The van der Waals surface area contributed by atoms with Crippen molar-refractivity contribution in [3.05, 3.63) is 60.2 Å². The lowest BCUT2D eigenvalue weighted by Gasteiger charge is -2.31. The van der Waals surface area contributed by atoms with Crippen LogP contribution < -0.4 is 10.1 Å². The lowest BCUT2D eigenvalue weighted by Crippen LogP contribution is -2.45. The van der Waals surface area contributed by atoms with E-state index < -0.39 is 6.61 Å². The van der Waals surface area contributed by atoms with Gasteiger partial charge in [-0.3, -0.25) is 24.7 Å². The SMILES string of the molecule is CC1CCN(C(=O)CN(C=O)C(=N)c2ccccc2)CC1.CO.O=CNc1ccc(OC(F)F)cc1. The fourth-order valence-corrected chi connectivity index (χ4v) is 3.24. The van der Waals surface area contributed by atoms with Crippen LogP contribution in [-0.2, 0) is 14.4 Å². The highest BCUT2D eigenvalue weighted by molar-refractivity contribution is 6.03. The van der Waals surface area contributed by atoms with Crippen molar-refractivity contribution in [3.63, 3.8) is 0 Å². The zero-order valence-corrected chi connectivity index (χ0v) is 20.3. The van der Waals surface area contributed by atoms with E-state index in [1.54, 1.807) is 29.2 Å². The summed E-state index contributed by atoms with van der Waals surface area (Å²) in [4.78, 5) is 36.4. The monoisotopic (exact) mass is 506 g/mol. The van der Waals surface area contributed by atoms with E-state index >= 15 is 0 Å². The molecular weight excluding hydrogens is 474 g/mol. The number of hydrogen-bond acceptors (Lipinski definition) is 6. The molecule has 0 spiro atoms. The standard InChI is InChI=1S/C16H21N3O2.C8H7F2NO2.CH4O/c1-13-7-9-18(10-8-13)15(21)11-19(12-20)16(17)14-5-3-2-4-6-14;9-8(10)13-7-3-1-6(2-4-7)11-5-12;1-2/h2-6,12-13,17H,7-11H2,1H3;1-5,8H,(H,11,12);2H,1H3. The Kier molecular flexibility index (Phi) is 14.0. The highest BCUT2D eigenvalue weighted by Crippen LogP contribution is 2.17. The number of halogens is 2. The summed E-state index contributed by atoms with van der Waals surface area (Å²) in [6.07, 6.45) is 3.06. The molecule has 196 valence electrons. The van der Waals surface area contributed by atoms with Crippen molar-refractivity contribution >= 4 is 30.3 Å². The molecule has 0 atom stereocenters. The Labute approximate surface area is 209 Å². The van der Waals surface area contributed by atoms with Gasteiger partial charge in [0.25, 0.3) is 0 Å². The fraction of sp³-hybridized carbons (Fsp3) is 0.360. The number of amidine groups is 1. The minimum atomic E-state index is -2.83. The number of aliphatic hydroxyl groups excluding tert-OH is 1. The highest BCUT2D eigenvalue weighted by Gasteiger charge is 2.23. The predicted octanol–water partition coefficient (Wildman–Crippen LogP) is 3.19. The first-order valence-corrected chi connectivity index (χ1v) is 11.2. The maximum atomic E-state index is 12.2. The number of amides is 3. The molecule has 36 heavy (non-hydrogen) atoms. The van der Waals surface area contributed by atoms with Crippen LogP contribution in [0.2, 0.25) is 0 Å². The van der Waals surface area contributed by atoms with E-state index in [0.29, 0.717) is 30.0 Å². The summed E-state index contributed by atoms with van der Waals surface area (Å²) < 4.78 is 27.4. The molecule has 3 N–H and O–H groups in total. The average Bonchev–Trinajstić information content (AvgIpc) is 2.90. The van der Waals surface area contributed by atoms with Gasteiger partial charge in [-0.05, 0) is 43.0 Å². The Balaban J connectivity index is 0.000000371. The van der Waals surface area contributed by atoms with E-state index in [4.69, 9.17) is 10.5 Å². The first-order chi connectivity index (χ1) is 17.3. The van der Waals surface area contributed by atoms with Gasteiger partial charge < -0.3 is 20.1 Å². The van der Waals surface area contributed by atoms with Crippen molar-refractivity contribution in [1.82, 2.24) is 9.80 Å². The number of likely N-dealkylation sites (tertiary alicyclic amines) is 1. The second-order valence-electron chi connectivity index (χ2n) is 7.68.